The maximum Gasteiger partial charge on any atom is 0.365 e. The highest BCUT2D eigenvalue weighted by Crippen LogP contribution is 2.23. The van der Waals surface area contributed by atoms with Crippen molar-refractivity contribution in [2.24, 2.45) is 0 Å². The van der Waals surface area contributed by atoms with Gasteiger partial charge in [-0.1, -0.05) is 6.07 Å². The second-order valence-corrected chi connectivity index (χ2v) is 5.18. The largest absolute Gasteiger partial charge is 0.476 e. The number of carbonyl (C=O) groups excluding carboxylic acids is 1. The van der Waals surface area contributed by atoms with Crippen molar-refractivity contribution in [2.45, 2.75) is 0 Å². The molecule has 2 heterocycles. The molecule has 0 atom stereocenters. The molecule has 0 fully saturated rings. The highest BCUT2D eigenvalue weighted by atomic mass is 32.1. The van der Waals surface area contributed by atoms with Crippen LogP contribution in [0.25, 0.3) is 10.9 Å². The van der Waals surface area contributed by atoms with E-state index in [1.165, 1.54) is 17.6 Å². The van der Waals surface area contributed by atoms with E-state index in [2.05, 4.69) is 15.3 Å². The Labute approximate surface area is 127 Å². The van der Waals surface area contributed by atoms with Gasteiger partial charge in [0.2, 0.25) is 5.01 Å². The monoisotopic (exact) mass is 317 g/mol. The van der Waals surface area contributed by atoms with Crippen molar-refractivity contribution in [1.29, 1.82) is 0 Å². The highest BCUT2D eigenvalue weighted by Gasteiger charge is 2.16. The van der Waals surface area contributed by atoms with Crippen molar-refractivity contribution in [3.8, 4) is 0 Å². The van der Waals surface area contributed by atoms with Gasteiger partial charge in [0.05, 0.1) is 11.2 Å². The summed E-state index contributed by atoms with van der Waals surface area (Å²) in [6, 6.07) is 5.79. The first kappa shape index (κ1) is 14.1. The van der Waals surface area contributed by atoms with Gasteiger partial charge in [0, 0.05) is 17.0 Å². The van der Waals surface area contributed by atoms with E-state index >= 15 is 0 Å². The van der Waals surface area contributed by atoms with Crippen LogP contribution in [-0.2, 0) is 0 Å². The fourth-order valence-corrected chi connectivity index (χ4v) is 2.55. The predicted molar refractivity (Wildman–Crippen MR) is 78.7 cm³/mol. The second-order valence-electron chi connectivity index (χ2n) is 4.33. The summed E-state index contributed by atoms with van der Waals surface area (Å²) in [5.41, 5.74) is 0.590. The second kappa shape index (κ2) is 5.49. The first-order chi connectivity index (χ1) is 10.5. The van der Waals surface area contributed by atoms with E-state index in [1.54, 1.807) is 12.1 Å². The number of carbonyl (C=O) groups is 2. The van der Waals surface area contributed by atoms with Crippen LogP contribution in [0.4, 0.5) is 10.1 Å². The van der Waals surface area contributed by atoms with E-state index in [1.807, 2.05) is 0 Å². The van der Waals surface area contributed by atoms with Gasteiger partial charge in [-0.15, -0.1) is 11.3 Å². The fraction of sp³-hybridized carbons (Fsp3) is 0. The number of hydrogen-bond donors (Lipinski definition) is 2. The van der Waals surface area contributed by atoms with Crippen LogP contribution in [0.15, 0.2) is 35.8 Å². The number of hydrogen-bond acceptors (Lipinski definition) is 5. The maximum atomic E-state index is 13.6. The molecule has 3 aromatic rings. The number of amides is 1. The molecule has 0 aliphatic heterocycles. The normalized spacial score (nSPS) is 10.6. The SMILES string of the molecule is O=C(Nc1cc(F)cc2cccnc12)c1csc(C(=O)O)n1. The maximum absolute atomic E-state index is 13.6. The minimum absolute atomic E-state index is 0.0456. The van der Waals surface area contributed by atoms with Crippen LogP contribution in [0.2, 0.25) is 0 Å². The Bertz CT molecular complexity index is 894. The lowest BCUT2D eigenvalue weighted by Gasteiger charge is -2.07. The molecule has 0 aliphatic carbocycles. The van der Waals surface area contributed by atoms with Crippen molar-refractivity contribution < 1.29 is 19.1 Å². The summed E-state index contributed by atoms with van der Waals surface area (Å²) in [5.74, 6) is -2.34. The highest BCUT2D eigenvalue weighted by molar-refractivity contribution is 7.11. The van der Waals surface area contributed by atoms with Crippen LogP contribution in [0.3, 0.4) is 0 Å². The molecule has 0 saturated heterocycles. The quantitative estimate of drug-likeness (QED) is 0.775. The number of aromatic nitrogens is 2. The molecule has 22 heavy (non-hydrogen) atoms. The Hall–Kier alpha value is -2.87. The summed E-state index contributed by atoms with van der Waals surface area (Å²) < 4.78 is 13.6. The first-order valence-electron chi connectivity index (χ1n) is 6.09. The van der Waals surface area contributed by atoms with Crippen molar-refractivity contribution in [2.75, 3.05) is 5.32 Å². The number of nitrogens with zero attached hydrogens (tertiary/aromatic N) is 2. The van der Waals surface area contributed by atoms with E-state index in [0.29, 0.717) is 10.9 Å². The van der Waals surface area contributed by atoms with Gasteiger partial charge >= 0.3 is 5.97 Å². The van der Waals surface area contributed by atoms with Gasteiger partial charge in [0.15, 0.2) is 0 Å². The summed E-state index contributed by atoms with van der Waals surface area (Å²) in [7, 11) is 0. The van der Waals surface area contributed by atoms with E-state index < -0.39 is 17.7 Å². The van der Waals surface area contributed by atoms with Crippen LogP contribution >= 0.6 is 11.3 Å². The summed E-state index contributed by atoms with van der Waals surface area (Å²) in [6.45, 7) is 0. The molecular formula is C14H8FN3O3S. The number of nitrogens with one attached hydrogen (secondary N) is 1. The van der Waals surface area contributed by atoms with Gasteiger partial charge in [-0.3, -0.25) is 9.78 Å². The summed E-state index contributed by atoms with van der Waals surface area (Å²) in [5, 5.41) is 13.0. The van der Waals surface area contributed by atoms with Crippen LogP contribution < -0.4 is 5.32 Å². The van der Waals surface area contributed by atoms with Crippen LogP contribution in [0.1, 0.15) is 20.3 Å². The third kappa shape index (κ3) is 2.63. The summed E-state index contributed by atoms with van der Waals surface area (Å²) >= 11 is 0.842. The van der Waals surface area contributed by atoms with E-state index in [0.717, 1.165) is 17.4 Å². The molecule has 0 radical (unpaired) electrons. The number of halogens is 1. The Morgan fingerprint density at radius 2 is 2.14 bits per heavy atom. The number of carboxylic acids is 1. The third-order valence-electron chi connectivity index (χ3n) is 2.84. The van der Waals surface area contributed by atoms with Crippen molar-refractivity contribution in [1.82, 2.24) is 9.97 Å². The Kier molecular flexibility index (Phi) is 3.51. The van der Waals surface area contributed by atoms with Crippen molar-refractivity contribution >= 4 is 39.8 Å². The van der Waals surface area contributed by atoms with Crippen molar-refractivity contribution in [3.63, 3.8) is 0 Å². The molecule has 8 heteroatoms. The number of carboxylic acid groups (broad SMARTS) is 1. The number of anilines is 1. The Morgan fingerprint density at radius 3 is 2.86 bits per heavy atom. The summed E-state index contributed by atoms with van der Waals surface area (Å²) in [6.07, 6.45) is 1.53. The lowest BCUT2D eigenvalue weighted by atomic mass is 10.2. The van der Waals surface area contributed by atoms with Gasteiger partial charge in [-0.2, -0.15) is 0 Å². The molecule has 0 aliphatic rings. The predicted octanol–water partition coefficient (Wildman–Crippen LogP) is 2.78. The average Bonchev–Trinajstić information content (AvgIpc) is 2.97. The van der Waals surface area contributed by atoms with Crippen LogP contribution in [0, 0.1) is 5.82 Å². The fourth-order valence-electron chi connectivity index (χ4n) is 1.91. The molecule has 6 nitrogen and oxygen atoms in total. The molecule has 110 valence electrons. The van der Waals surface area contributed by atoms with E-state index in [9.17, 15) is 14.0 Å². The Morgan fingerprint density at radius 1 is 1.32 bits per heavy atom. The molecule has 0 saturated carbocycles. The van der Waals surface area contributed by atoms with Gasteiger partial charge in [0.25, 0.3) is 5.91 Å². The van der Waals surface area contributed by atoms with Gasteiger partial charge < -0.3 is 10.4 Å². The zero-order chi connectivity index (χ0) is 15.7. The number of thiazole rings is 1. The number of aromatic carboxylic acids is 1. The summed E-state index contributed by atoms with van der Waals surface area (Å²) in [4.78, 5) is 30.7. The standard InChI is InChI=1S/C14H8FN3O3S/c15-8-4-7-2-1-3-16-11(7)9(5-8)17-12(19)10-6-22-13(18-10)14(20)21/h1-6H,(H,17,19)(H,20,21). The van der Waals surface area contributed by atoms with Crippen LogP contribution in [0.5, 0.6) is 0 Å². The zero-order valence-electron chi connectivity index (χ0n) is 10.9. The number of pyridine rings is 1. The number of benzene rings is 1. The lowest BCUT2D eigenvalue weighted by Crippen LogP contribution is -2.13. The van der Waals surface area contributed by atoms with E-state index in [4.69, 9.17) is 5.11 Å². The first-order valence-corrected chi connectivity index (χ1v) is 6.97. The molecular weight excluding hydrogens is 309 g/mol. The van der Waals surface area contributed by atoms with E-state index in [-0.39, 0.29) is 16.4 Å². The van der Waals surface area contributed by atoms with Crippen molar-refractivity contribution in [3.05, 3.63) is 52.4 Å². The van der Waals surface area contributed by atoms with Gasteiger partial charge in [0.1, 0.15) is 11.5 Å². The van der Waals surface area contributed by atoms with Crippen LogP contribution in [-0.4, -0.2) is 27.0 Å². The molecule has 1 aromatic carbocycles. The van der Waals surface area contributed by atoms with Gasteiger partial charge in [-0.25, -0.2) is 14.2 Å². The molecule has 2 N–H and O–H groups in total. The molecule has 3 rings (SSSR count). The minimum atomic E-state index is -1.21. The third-order valence-corrected chi connectivity index (χ3v) is 3.67. The smallest absolute Gasteiger partial charge is 0.365 e. The van der Waals surface area contributed by atoms with Gasteiger partial charge in [-0.05, 0) is 18.2 Å². The number of rotatable bonds is 3. The molecule has 0 unspecified atom stereocenters. The molecule has 0 bridgehead atoms. The molecule has 2 aromatic heterocycles. The molecule has 1 amide bonds. The average molecular weight is 317 g/mol. The molecule has 0 spiro atoms. The Balaban J connectivity index is 1.95. The zero-order valence-corrected chi connectivity index (χ0v) is 11.7. The lowest BCUT2D eigenvalue weighted by molar-refractivity contribution is 0.0696. The minimum Gasteiger partial charge on any atom is -0.476 e. The number of fused-ring (bicyclic) bond motifs is 1. The topological polar surface area (TPSA) is 92.2 Å².